The van der Waals surface area contributed by atoms with E-state index in [1.54, 1.807) is 80.2 Å². The molecule has 0 saturated heterocycles. The SMILES string of the molecule is Cc1cccc([N+](=O)[O-])c1C.N#Cc1ccccc1O.O=[N+]([O-])Nc1ccccc1.c1c[nH]cn1. The Morgan fingerprint density at radius 2 is 1.63 bits per heavy atom. The molecule has 0 spiro atoms. The van der Waals surface area contributed by atoms with E-state index >= 15 is 0 Å². The second-order valence-corrected chi connectivity index (χ2v) is 6.60. The van der Waals surface area contributed by atoms with Crippen LogP contribution in [-0.4, -0.2) is 25.0 Å². The minimum absolute atomic E-state index is 0.0417. The molecule has 3 aromatic carbocycles. The second kappa shape index (κ2) is 15.5. The number of aromatic nitrogens is 2. The number of nitrogens with one attached hydrogen (secondary N) is 2. The average molecular weight is 476 g/mol. The maximum atomic E-state index is 10.4. The molecule has 0 aliphatic rings. The zero-order valence-corrected chi connectivity index (χ0v) is 19.0. The number of para-hydroxylation sites is 2. The van der Waals surface area contributed by atoms with Crippen LogP contribution < -0.4 is 5.43 Å². The summed E-state index contributed by atoms with van der Waals surface area (Å²) in [6.07, 6.45) is 5.08. The Hall–Kier alpha value is -5.24. The fourth-order valence-corrected chi connectivity index (χ4v) is 2.33. The molecule has 0 aliphatic carbocycles. The maximum Gasteiger partial charge on any atom is 0.272 e. The van der Waals surface area contributed by atoms with E-state index in [1.165, 1.54) is 12.1 Å². The summed E-state index contributed by atoms with van der Waals surface area (Å²) in [7, 11) is 0. The monoisotopic (exact) mass is 476 g/mol. The van der Waals surface area contributed by atoms with Crippen molar-refractivity contribution in [2.45, 2.75) is 13.8 Å². The Bertz CT molecular complexity index is 1210. The summed E-state index contributed by atoms with van der Waals surface area (Å²) in [5, 5.41) is 36.9. The molecule has 180 valence electrons. The largest absolute Gasteiger partial charge is 0.507 e. The molecule has 1 heterocycles. The van der Waals surface area contributed by atoms with Crippen LogP contribution >= 0.6 is 0 Å². The van der Waals surface area contributed by atoms with E-state index in [-0.39, 0.29) is 16.4 Å². The van der Waals surface area contributed by atoms with Crippen LogP contribution in [0.5, 0.6) is 5.75 Å². The Labute approximate surface area is 201 Å². The van der Waals surface area contributed by atoms with Crippen molar-refractivity contribution in [3.05, 3.63) is 128 Å². The number of H-pyrrole nitrogens is 1. The molecule has 3 N–H and O–H groups in total. The molecule has 0 bridgehead atoms. The highest BCUT2D eigenvalue weighted by atomic mass is 16.7. The number of hydrazine groups is 1. The molecule has 1 aromatic heterocycles. The summed E-state index contributed by atoms with van der Waals surface area (Å²) in [6.45, 7) is 3.62. The van der Waals surface area contributed by atoms with E-state index in [2.05, 4.69) is 9.97 Å². The smallest absolute Gasteiger partial charge is 0.272 e. The van der Waals surface area contributed by atoms with Crippen molar-refractivity contribution >= 4 is 11.4 Å². The molecule has 0 radical (unpaired) electrons. The standard InChI is InChI=1S/C8H9NO2.C7H5NO.C6H6N2O2.C3H4N2/c1-6-4-3-5-8(7(6)2)9(10)11;8-5-6-3-1-2-4-7(6)9;9-8(10)7-6-4-2-1-3-5-6;1-2-5-3-4-1/h3-5H,1-2H3;1-4,9H;1-5,7H;1-3H,(H,4,5). The normalized spacial score (nSPS) is 8.83. The van der Waals surface area contributed by atoms with Crippen LogP contribution in [0.2, 0.25) is 0 Å². The molecule has 4 aromatic rings. The Balaban J connectivity index is 0.000000240. The van der Waals surface area contributed by atoms with Gasteiger partial charge in [0.2, 0.25) is 0 Å². The Morgan fingerprint density at radius 1 is 0.971 bits per heavy atom. The van der Waals surface area contributed by atoms with Gasteiger partial charge in [0.1, 0.15) is 17.5 Å². The van der Waals surface area contributed by atoms with Crippen molar-refractivity contribution in [3.8, 4) is 11.8 Å². The van der Waals surface area contributed by atoms with Crippen molar-refractivity contribution in [1.29, 1.82) is 5.26 Å². The van der Waals surface area contributed by atoms with Gasteiger partial charge in [-0.2, -0.15) is 5.26 Å². The lowest BCUT2D eigenvalue weighted by atomic mass is 10.1. The maximum absolute atomic E-state index is 10.4. The highest BCUT2D eigenvalue weighted by molar-refractivity contribution is 5.43. The number of aromatic amines is 1. The predicted octanol–water partition coefficient (Wildman–Crippen LogP) is 5.18. The number of rotatable bonds is 3. The summed E-state index contributed by atoms with van der Waals surface area (Å²) in [6, 6.07) is 21.9. The minimum atomic E-state index is -0.588. The third-order valence-corrected chi connectivity index (χ3v) is 4.20. The van der Waals surface area contributed by atoms with Crippen molar-refractivity contribution in [2.75, 3.05) is 5.43 Å². The zero-order chi connectivity index (χ0) is 26.1. The molecule has 11 nitrogen and oxygen atoms in total. The van der Waals surface area contributed by atoms with Crippen LogP contribution in [0, 0.1) is 45.4 Å². The van der Waals surface area contributed by atoms with Gasteiger partial charge in [-0.05, 0) is 43.7 Å². The summed E-state index contributed by atoms with van der Waals surface area (Å²) in [5.74, 6) is 0.0417. The van der Waals surface area contributed by atoms with Gasteiger partial charge in [-0.3, -0.25) is 10.1 Å². The second-order valence-electron chi connectivity index (χ2n) is 6.60. The molecule has 0 saturated carbocycles. The lowest BCUT2D eigenvalue weighted by Gasteiger charge is -1.98. The van der Waals surface area contributed by atoms with Crippen LogP contribution in [0.4, 0.5) is 11.4 Å². The summed E-state index contributed by atoms with van der Waals surface area (Å²) in [5.41, 5.74) is 4.74. The van der Waals surface area contributed by atoms with Crippen LogP contribution in [-0.2, 0) is 0 Å². The third-order valence-electron chi connectivity index (χ3n) is 4.20. The molecule has 0 unspecified atom stereocenters. The fraction of sp³-hybridized carbons (Fsp3) is 0.0833. The van der Waals surface area contributed by atoms with Crippen LogP contribution in [0.15, 0.2) is 91.5 Å². The number of nitrogens with zero attached hydrogens (tertiary/aromatic N) is 4. The number of nitro groups is 2. The molecule has 0 aliphatic heterocycles. The van der Waals surface area contributed by atoms with Gasteiger partial charge >= 0.3 is 0 Å². The Morgan fingerprint density at radius 3 is 2.06 bits per heavy atom. The van der Waals surface area contributed by atoms with Gasteiger partial charge in [0.05, 0.1) is 16.8 Å². The quantitative estimate of drug-likeness (QED) is 0.268. The molecule has 11 heteroatoms. The molecule has 0 fully saturated rings. The van der Waals surface area contributed by atoms with E-state index in [9.17, 15) is 20.2 Å². The number of aromatic hydroxyl groups is 1. The highest BCUT2D eigenvalue weighted by Gasteiger charge is 2.09. The lowest BCUT2D eigenvalue weighted by Crippen LogP contribution is -2.06. The molecule has 0 atom stereocenters. The fourth-order valence-electron chi connectivity index (χ4n) is 2.33. The van der Waals surface area contributed by atoms with Crippen molar-refractivity contribution in [2.24, 2.45) is 0 Å². The van der Waals surface area contributed by atoms with E-state index in [1.807, 2.05) is 24.5 Å². The van der Waals surface area contributed by atoms with Crippen LogP contribution in [0.1, 0.15) is 16.7 Å². The number of hydrogen-bond donors (Lipinski definition) is 3. The number of imidazole rings is 1. The minimum Gasteiger partial charge on any atom is -0.507 e. The zero-order valence-electron chi connectivity index (χ0n) is 19.0. The number of anilines is 1. The molecular weight excluding hydrogens is 452 g/mol. The molecule has 4 rings (SSSR count). The first kappa shape index (κ1) is 27.8. The van der Waals surface area contributed by atoms with Gasteiger partial charge in [0.25, 0.3) is 5.69 Å². The Kier molecular flexibility index (Phi) is 12.3. The number of aryl methyl sites for hydroxylation is 1. The first-order valence-corrected chi connectivity index (χ1v) is 10.0. The van der Waals surface area contributed by atoms with E-state index in [0.29, 0.717) is 11.3 Å². The lowest BCUT2D eigenvalue weighted by molar-refractivity contribution is -0.445. The van der Waals surface area contributed by atoms with Gasteiger partial charge in [-0.15, -0.1) is 5.43 Å². The number of benzene rings is 3. The molecule has 0 amide bonds. The van der Waals surface area contributed by atoms with Gasteiger partial charge in [0.15, 0.2) is 5.03 Å². The third kappa shape index (κ3) is 11.3. The number of nitro benzene ring substituents is 1. The van der Waals surface area contributed by atoms with Gasteiger partial charge < -0.3 is 10.1 Å². The van der Waals surface area contributed by atoms with E-state index < -0.39 is 5.03 Å². The topological polar surface area (TPSA) is 171 Å². The van der Waals surface area contributed by atoms with Gasteiger partial charge in [0, 0.05) is 24.0 Å². The van der Waals surface area contributed by atoms with Crippen molar-refractivity contribution < 1.29 is 15.1 Å². The molecule has 35 heavy (non-hydrogen) atoms. The number of phenolic OH excluding ortho intramolecular Hbond substituents is 1. The highest BCUT2D eigenvalue weighted by Crippen LogP contribution is 2.19. The number of hydrogen-bond acceptors (Lipinski definition) is 7. The summed E-state index contributed by atoms with van der Waals surface area (Å²) < 4.78 is 0. The van der Waals surface area contributed by atoms with Crippen LogP contribution in [0.25, 0.3) is 0 Å². The van der Waals surface area contributed by atoms with Crippen LogP contribution in [0.3, 0.4) is 0 Å². The van der Waals surface area contributed by atoms with Crippen molar-refractivity contribution in [1.82, 2.24) is 9.97 Å². The summed E-state index contributed by atoms with van der Waals surface area (Å²) >= 11 is 0. The van der Waals surface area contributed by atoms with E-state index in [4.69, 9.17) is 10.4 Å². The van der Waals surface area contributed by atoms with Crippen molar-refractivity contribution in [3.63, 3.8) is 0 Å². The number of phenols is 1. The number of nitriles is 1. The first-order valence-electron chi connectivity index (χ1n) is 10.0. The average Bonchev–Trinajstić information content (AvgIpc) is 3.43. The van der Waals surface area contributed by atoms with Gasteiger partial charge in [-0.1, -0.05) is 42.5 Å². The van der Waals surface area contributed by atoms with Gasteiger partial charge in [-0.25, -0.2) is 15.1 Å². The van der Waals surface area contributed by atoms with E-state index in [0.717, 1.165) is 11.1 Å². The summed E-state index contributed by atoms with van der Waals surface area (Å²) in [4.78, 5) is 26.3. The predicted molar refractivity (Wildman–Crippen MR) is 131 cm³/mol. The first-order chi connectivity index (χ1) is 16.8. The molecular formula is C24H24N6O5.